The van der Waals surface area contributed by atoms with Gasteiger partial charge in [-0.25, -0.2) is 4.98 Å². The van der Waals surface area contributed by atoms with Gasteiger partial charge in [0.25, 0.3) is 5.91 Å². The number of hydrogen-bond donors (Lipinski definition) is 1. The van der Waals surface area contributed by atoms with Gasteiger partial charge in [0.15, 0.2) is 5.58 Å². The Morgan fingerprint density at radius 1 is 1.23 bits per heavy atom. The highest BCUT2D eigenvalue weighted by Crippen LogP contribution is 2.35. The fourth-order valence-electron chi connectivity index (χ4n) is 5.09. The molecule has 7 heteroatoms. The summed E-state index contributed by atoms with van der Waals surface area (Å²) < 4.78 is 11.4. The summed E-state index contributed by atoms with van der Waals surface area (Å²) in [6.45, 7) is 0. The number of amides is 1. The lowest BCUT2D eigenvalue weighted by Gasteiger charge is -2.47. The lowest BCUT2D eigenvalue weighted by molar-refractivity contribution is 0.0463. The molecular weight excluding hydrogens is 414 g/mol. The Morgan fingerprint density at radius 3 is 2.74 bits per heavy atom. The number of carbonyl (C=O) groups is 1. The van der Waals surface area contributed by atoms with Gasteiger partial charge in [-0.3, -0.25) is 4.79 Å². The highest BCUT2D eigenvalue weighted by Gasteiger charge is 2.36. The number of benzene rings is 2. The average molecular weight is 440 g/mol. The number of methoxy groups -OCH3 is 1. The molecule has 2 aromatic carbocycles. The van der Waals surface area contributed by atoms with Crippen LogP contribution in [0.2, 0.25) is 5.02 Å². The van der Waals surface area contributed by atoms with Gasteiger partial charge in [0.2, 0.25) is 5.89 Å². The number of para-hydroxylation sites is 1. The van der Waals surface area contributed by atoms with Crippen molar-refractivity contribution in [3.8, 4) is 17.2 Å². The van der Waals surface area contributed by atoms with Crippen LogP contribution in [0, 0.1) is 0 Å². The molecule has 2 atom stereocenters. The summed E-state index contributed by atoms with van der Waals surface area (Å²) in [5.74, 6) is 0.877. The second-order valence-corrected chi connectivity index (χ2v) is 9.00. The molecule has 162 valence electrons. The van der Waals surface area contributed by atoms with Crippen LogP contribution in [-0.2, 0) is 0 Å². The number of hydrogen-bond acceptors (Lipinski definition) is 5. The Bertz CT molecular complexity index is 1110. The highest BCUT2D eigenvalue weighted by atomic mass is 35.5. The molecule has 1 aromatic heterocycles. The zero-order chi connectivity index (χ0) is 21.5. The number of nitrogens with one attached hydrogen (secondary N) is 1. The van der Waals surface area contributed by atoms with Crippen molar-refractivity contribution in [3.05, 3.63) is 47.0 Å². The van der Waals surface area contributed by atoms with E-state index in [1.54, 1.807) is 25.3 Å². The van der Waals surface area contributed by atoms with Crippen LogP contribution < -0.4 is 10.1 Å². The van der Waals surface area contributed by atoms with E-state index < -0.39 is 0 Å². The highest BCUT2D eigenvalue weighted by molar-refractivity contribution is 6.30. The maximum absolute atomic E-state index is 13.2. The van der Waals surface area contributed by atoms with E-state index in [-0.39, 0.29) is 11.9 Å². The molecule has 2 aliphatic rings. The Hall–Kier alpha value is -2.57. The monoisotopic (exact) mass is 439 g/mol. The van der Waals surface area contributed by atoms with E-state index in [9.17, 15) is 4.79 Å². The fraction of sp³-hybridized carbons (Fsp3) is 0.417. The first-order valence-corrected chi connectivity index (χ1v) is 11.2. The third-order valence-corrected chi connectivity index (χ3v) is 6.97. The van der Waals surface area contributed by atoms with Crippen molar-refractivity contribution in [3.63, 3.8) is 0 Å². The molecule has 2 saturated heterocycles. The SMILES string of the molecule is COc1cc(Cl)ccc1-c1nc2c(C(=O)NC3CC4CCCC(C3)N4C)cccc2o1. The number of rotatable bonds is 4. The fourth-order valence-corrected chi connectivity index (χ4v) is 5.25. The van der Waals surface area contributed by atoms with Crippen molar-refractivity contribution in [2.45, 2.75) is 50.2 Å². The van der Waals surface area contributed by atoms with Crippen molar-refractivity contribution in [2.75, 3.05) is 14.2 Å². The van der Waals surface area contributed by atoms with Crippen LogP contribution in [0.3, 0.4) is 0 Å². The minimum atomic E-state index is -0.0962. The quantitative estimate of drug-likeness (QED) is 0.626. The average Bonchev–Trinajstić information content (AvgIpc) is 3.18. The van der Waals surface area contributed by atoms with Crippen LogP contribution in [0.5, 0.6) is 5.75 Å². The van der Waals surface area contributed by atoms with Crippen molar-refractivity contribution in [1.29, 1.82) is 0 Å². The molecule has 0 spiro atoms. The summed E-state index contributed by atoms with van der Waals surface area (Å²) in [7, 11) is 3.79. The van der Waals surface area contributed by atoms with Gasteiger partial charge in [-0.05, 0) is 63.1 Å². The second kappa shape index (κ2) is 8.17. The molecular formula is C24H26ClN3O3. The standard InChI is InChI=1S/C24H26ClN3O3/c1-28-16-5-3-6-17(28)13-15(12-16)26-23(29)19-7-4-8-20-22(19)27-24(31-20)18-10-9-14(25)11-21(18)30-2/h4,7-11,15-17H,3,5-6,12-13H2,1-2H3,(H,26,29). The predicted molar refractivity (Wildman–Crippen MR) is 121 cm³/mol. The van der Waals surface area contributed by atoms with E-state index in [0.717, 1.165) is 12.8 Å². The number of nitrogens with zero attached hydrogens (tertiary/aromatic N) is 2. The smallest absolute Gasteiger partial charge is 0.253 e. The van der Waals surface area contributed by atoms with Gasteiger partial charge < -0.3 is 19.4 Å². The topological polar surface area (TPSA) is 67.6 Å². The summed E-state index contributed by atoms with van der Waals surface area (Å²) in [5, 5.41) is 3.84. The molecule has 1 N–H and O–H groups in total. The van der Waals surface area contributed by atoms with Gasteiger partial charge in [0.05, 0.1) is 18.2 Å². The Kier molecular flexibility index (Phi) is 5.36. The van der Waals surface area contributed by atoms with Crippen molar-refractivity contribution < 1.29 is 13.9 Å². The summed E-state index contributed by atoms with van der Waals surface area (Å²) in [6.07, 6.45) is 5.71. The number of aromatic nitrogens is 1. The van der Waals surface area contributed by atoms with E-state index >= 15 is 0 Å². The van der Waals surface area contributed by atoms with Gasteiger partial charge >= 0.3 is 0 Å². The Morgan fingerprint density at radius 2 is 2.00 bits per heavy atom. The van der Waals surface area contributed by atoms with Gasteiger partial charge in [0.1, 0.15) is 11.3 Å². The molecule has 0 saturated carbocycles. The largest absolute Gasteiger partial charge is 0.496 e. The van der Waals surface area contributed by atoms with Crippen LogP contribution in [0.4, 0.5) is 0 Å². The molecule has 0 aliphatic carbocycles. The Balaban J connectivity index is 1.42. The molecule has 2 bridgehead atoms. The number of oxazole rings is 1. The third-order valence-electron chi connectivity index (χ3n) is 6.73. The van der Waals surface area contributed by atoms with Crippen molar-refractivity contribution in [2.24, 2.45) is 0 Å². The number of halogens is 1. The molecule has 6 nitrogen and oxygen atoms in total. The van der Waals surface area contributed by atoms with E-state index in [2.05, 4.69) is 22.2 Å². The third kappa shape index (κ3) is 3.79. The molecule has 2 aliphatic heterocycles. The van der Waals surface area contributed by atoms with E-state index in [4.69, 9.17) is 20.8 Å². The normalized spacial score (nSPS) is 23.6. The molecule has 3 aromatic rings. The van der Waals surface area contributed by atoms with Gasteiger partial charge in [0, 0.05) is 23.1 Å². The first-order chi connectivity index (χ1) is 15.0. The van der Waals surface area contributed by atoms with E-state index in [1.807, 2.05) is 18.2 Å². The van der Waals surface area contributed by atoms with E-state index in [1.165, 1.54) is 19.3 Å². The molecule has 3 heterocycles. The Labute approximate surface area is 186 Å². The minimum Gasteiger partial charge on any atom is -0.496 e. The number of ether oxygens (including phenoxy) is 1. The summed E-state index contributed by atoms with van der Waals surface area (Å²) in [4.78, 5) is 20.3. The molecule has 5 rings (SSSR count). The maximum atomic E-state index is 13.2. The molecule has 31 heavy (non-hydrogen) atoms. The van der Waals surface area contributed by atoms with Crippen molar-refractivity contribution in [1.82, 2.24) is 15.2 Å². The van der Waals surface area contributed by atoms with Gasteiger partial charge in [-0.1, -0.05) is 24.1 Å². The van der Waals surface area contributed by atoms with Crippen LogP contribution in [0.25, 0.3) is 22.6 Å². The van der Waals surface area contributed by atoms with Crippen LogP contribution in [-0.4, -0.2) is 48.1 Å². The van der Waals surface area contributed by atoms with Gasteiger partial charge in [-0.2, -0.15) is 0 Å². The first kappa shape index (κ1) is 20.3. The summed E-state index contributed by atoms with van der Waals surface area (Å²) in [5.41, 5.74) is 2.35. The first-order valence-electron chi connectivity index (χ1n) is 10.8. The lowest BCUT2D eigenvalue weighted by Crippen LogP contribution is -2.55. The molecule has 1 amide bonds. The van der Waals surface area contributed by atoms with Gasteiger partial charge in [-0.15, -0.1) is 0 Å². The molecule has 2 fully saturated rings. The molecule has 2 unspecified atom stereocenters. The summed E-state index contributed by atoms with van der Waals surface area (Å²) in [6, 6.07) is 12.1. The number of fused-ring (bicyclic) bond motifs is 3. The maximum Gasteiger partial charge on any atom is 0.253 e. The number of carbonyl (C=O) groups excluding carboxylic acids is 1. The minimum absolute atomic E-state index is 0.0962. The lowest BCUT2D eigenvalue weighted by atomic mass is 9.82. The van der Waals surface area contributed by atoms with Crippen LogP contribution >= 0.6 is 11.6 Å². The van der Waals surface area contributed by atoms with Crippen molar-refractivity contribution >= 4 is 28.6 Å². The number of piperidine rings is 2. The zero-order valence-corrected chi connectivity index (χ0v) is 18.5. The van der Waals surface area contributed by atoms with E-state index in [0.29, 0.717) is 51.0 Å². The second-order valence-electron chi connectivity index (χ2n) is 8.56. The molecule has 0 radical (unpaired) electrons. The summed E-state index contributed by atoms with van der Waals surface area (Å²) >= 11 is 6.08. The van der Waals surface area contributed by atoms with Crippen LogP contribution in [0.1, 0.15) is 42.5 Å². The zero-order valence-electron chi connectivity index (χ0n) is 17.7. The predicted octanol–water partition coefficient (Wildman–Crippen LogP) is 4.90. The van der Waals surface area contributed by atoms with Crippen LogP contribution in [0.15, 0.2) is 40.8 Å².